The lowest BCUT2D eigenvalue weighted by Crippen LogP contribution is -2.25. The van der Waals surface area contributed by atoms with Crippen LogP contribution in [0.1, 0.15) is 25.8 Å². The molecule has 0 aliphatic rings. The first kappa shape index (κ1) is 12.0. The predicted molar refractivity (Wildman–Crippen MR) is 60.5 cm³/mol. The number of halogens is 1. The maximum Gasteiger partial charge on any atom is 0.130 e. The minimum absolute atomic E-state index is 0.248. The molecule has 0 atom stereocenters. The molecule has 0 fully saturated rings. The molecular weight excluding hydrogens is 193 g/mol. The summed E-state index contributed by atoms with van der Waals surface area (Å²) in [6, 6.07) is 4.92. The van der Waals surface area contributed by atoms with E-state index >= 15 is 0 Å². The lowest BCUT2D eigenvalue weighted by molar-refractivity contribution is 0.276. The van der Waals surface area contributed by atoms with Crippen LogP contribution in [0.15, 0.2) is 18.2 Å². The minimum Gasteiger partial charge on any atom is -0.391 e. The van der Waals surface area contributed by atoms with E-state index in [9.17, 15) is 4.39 Å². The number of nitrogens with zero attached hydrogens (tertiary/aromatic N) is 1. The average Bonchev–Trinajstić information content (AvgIpc) is 2.25. The van der Waals surface area contributed by atoms with Crippen molar-refractivity contribution in [1.29, 1.82) is 0 Å². The fourth-order valence-electron chi connectivity index (χ4n) is 1.72. The highest BCUT2D eigenvalue weighted by molar-refractivity contribution is 5.53. The standard InChI is InChI=1S/C12H18FNO/c1-3-8-14(4-2)12-7-5-6-11(13)10(12)9-15/h5-7,15H,3-4,8-9H2,1-2H3. The molecule has 1 aromatic rings. The van der Waals surface area contributed by atoms with Crippen LogP contribution in [0.5, 0.6) is 0 Å². The topological polar surface area (TPSA) is 23.5 Å². The van der Waals surface area contributed by atoms with Gasteiger partial charge in [0.1, 0.15) is 5.82 Å². The van der Waals surface area contributed by atoms with Gasteiger partial charge in [0, 0.05) is 24.3 Å². The Morgan fingerprint density at radius 1 is 1.33 bits per heavy atom. The molecule has 2 nitrogen and oxygen atoms in total. The molecule has 0 aromatic heterocycles. The van der Waals surface area contributed by atoms with E-state index in [0.717, 1.165) is 25.2 Å². The Kier molecular flexibility index (Phi) is 4.56. The third-order valence-corrected chi connectivity index (χ3v) is 2.47. The number of aliphatic hydroxyl groups excluding tert-OH is 1. The van der Waals surface area contributed by atoms with Crippen molar-refractivity contribution in [1.82, 2.24) is 0 Å². The fourth-order valence-corrected chi connectivity index (χ4v) is 1.72. The fraction of sp³-hybridized carbons (Fsp3) is 0.500. The third-order valence-electron chi connectivity index (χ3n) is 2.47. The maximum atomic E-state index is 13.4. The van der Waals surface area contributed by atoms with Crippen molar-refractivity contribution in [3.63, 3.8) is 0 Å². The monoisotopic (exact) mass is 211 g/mol. The summed E-state index contributed by atoms with van der Waals surface area (Å²) in [6.07, 6.45) is 1.01. The van der Waals surface area contributed by atoms with E-state index in [0.29, 0.717) is 5.56 Å². The second-order valence-corrected chi connectivity index (χ2v) is 3.48. The Morgan fingerprint density at radius 2 is 2.07 bits per heavy atom. The summed E-state index contributed by atoms with van der Waals surface area (Å²) in [5.74, 6) is -0.329. The maximum absolute atomic E-state index is 13.4. The van der Waals surface area contributed by atoms with Gasteiger partial charge in [-0.25, -0.2) is 4.39 Å². The van der Waals surface area contributed by atoms with Crippen LogP contribution in [0, 0.1) is 5.82 Å². The van der Waals surface area contributed by atoms with Gasteiger partial charge in [-0.2, -0.15) is 0 Å². The van der Waals surface area contributed by atoms with Gasteiger partial charge in [-0.15, -0.1) is 0 Å². The Bertz CT molecular complexity index is 314. The molecule has 0 radical (unpaired) electrons. The summed E-state index contributed by atoms with van der Waals surface area (Å²) in [7, 11) is 0. The highest BCUT2D eigenvalue weighted by Gasteiger charge is 2.11. The van der Waals surface area contributed by atoms with Gasteiger partial charge in [0.25, 0.3) is 0 Å². The molecule has 0 saturated heterocycles. The number of hydrogen-bond donors (Lipinski definition) is 1. The molecule has 3 heteroatoms. The van der Waals surface area contributed by atoms with E-state index < -0.39 is 0 Å². The van der Waals surface area contributed by atoms with Gasteiger partial charge in [0.2, 0.25) is 0 Å². The summed E-state index contributed by atoms with van der Waals surface area (Å²) in [6.45, 7) is 5.57. The second-order valence-electron chi connectivity index (χ2n) is 3.48. The molecule has 0 saturated carbocycles. The highest BCUT2D eigenvalue weighted by atomic mass is 19.1. The minimum atomic E-state index is -0.329. The van der Waals surface area contributed by atoms with Crippen LogP contribution in [-0.4, -0.2) is 18.2 Å². The Balaban J connectivity index is 3.04. The average molecular weight is 211 g/mol. The normalized spacial score (nSPS) is 10.4. The van der Waals surface area contributed by atoms with Crippen molar-refractivity contribution < 1.29 is 9.50 Å². The molecule has 0 bridgehead atoms. The predicted octanol–water partition coefficient (Wildman–Crippen LogP) is 2.55. The molecule has 0 amide bonds. The van der Waals surface area contributed by atoms with Gasteiger partial charge in [-0.1, -0.05) is 13.0 Å². The zero-order valence-electron chi connectivity index (χ0n) is 9.33. The van der Waals surface area contributed by atoms with Crippen LogP contribution in [0.3, 0.4) is 0 Å². The highest BCUT2D eigenvalue weighted by Crippen LogP contribution is 2.23. The summed E-state index contributed by atoms with van der Waals surface area (Å²) in [4.78, 5) is 2.08. The molecule has 0 aliphatic carbocycles. The van der Waals surface area contributed by atoms with Gasteiger partial charge in [-0.3, -0.25) is 0 Å². The molecule has 84 valence electrons. The SMILES string of the molecule is CCCN(CC)c1cccc(F)c1CO. The van der Waals surface area contributed by atoms with Crippen LogP contribution in [0.25, 0.3) is 0 Å². The van der Waals surface area contributed by atoms with Crippen LogP contribution in [0.4, 0.5) is 10.1 Å². The lowest BCUT2D eigenvalue weighted by atomic mass is 10.1. The molecule has 1 N–H and O–H groups in total. The van der Waals surface area contributed by atoms with Gasteiger partial charge in [0.15, 0.2) is 0 Å². The first-order chi connectivity index (χ1) is 7.24. The van der Waals surface area contributed by atoms with Crippen molar-refractivity contribution in [2.75, 3.05) is 18.0 Å². The molecule has 15 heavy (non-hydrogen) atoms. The van der Waals surface area contributed by atoms with E-state index in [1.165, 1.54) is 6.07 Å². The van der Waals surface area contributed by atoms with Gasteiger partial charge in [0.05, 0.1) is 6.61 Å². The summed E-state index contributed by atoms with van der Waals surface area (Å²) in [5.41, 5.74) is 1.20. The quantitative estimate of drug-likeness (QED) is 0.809. The molecule has 1 rings (SSSR count). The summed E-state index contributed by atoms with van der Waals surface area (Å²) >= 11 is 0. The largest absolute Gasteiger partial charge is 0.391 e. The van der Waals surface area contributed by atoms with Crippen molar-refractivity contribution in [3.8, 4) is 0 Å². The van der Waals surface area contributed by atoms with Gasteiger partial charge >= 0.3 is 0 Å². The van der Waals surface area contributed by atoms with E-state index in [1.807, 2.05) is 13.0 Å². The molecule has 0 heterocycles. The summed E-state index contributed by atoms with van der Waals surface area (Å²) in [5, 5.41) is 9.15. The van der Waals surface area contributed by atoms with Crippen LogP contribution in [0.2, 0.25) is 0 Å². The van der Waals surface area contributed by atoms with E-state index in [4.69, 9.17) is 5.11 Å². The van der Waals surface area contributed by atoms with E-state index in [-0.39, 0.29) is 12.4 Å². The van der Waals surface area contributed by atoms with Crippen LogP contribution >= 0.6 is 0 Å². The smallest absolute Gasteiger partial charge is 0.130 e. The Morgan fingerprint density at radius 3 is 2.60 bits per heavy atom. The Labute approximate surface area is 90.3 Å². The number of benzene rings is 1. The number of hydrogen-bond acceptors (Lipinski definition) is 2. The van der Waals surface area contributed by atoms with Gasteiger partial charge in [-0.05, 0) is 25.5 Å². The number of aliphatic hydroxyl groups is 1. The molecule has 0 spiro atoms. The molecule has 0 unspecified atom stereocenters. The molecule has 1 aromatic carbocycles. The van der Waals surface area contributed by atoms with E-state index in [1.54, 1.807) is 6.07 Å². The van der Waals surface area contributed by atoms with E-state index in [2.05, 4.69) is 11.8 Å². The van der Waals surface area contributed by atoms with Gasteiger partial charge < -0.3 is 10.0 Å². The zero-order valence-corrected chi connectivity index (χ0v) is 9.33. The Hall–Kier alpha value is -1.09. The molecule has 0 aliphatic heterocycles. The summed E-state index contributed by atoms with van der Waals surface area (Å²) < 4.78 is 13.4. The molecular formula is C12H18FNO. The van der Waals surface area contributed by atoms with Crippen molar-refractivity contribution >= 4 is 5.69 Å². The van der Waals surface area contributed by atoms with Crippen molar-refractivity contribution in [3.05, 3.63) is 29.6 Å². The lowest BCUT2D eigenvalue weighted by Gasteiger charge is -2.24. The van der Waals surface area contributed by atoms with Crippen molar-refractivity contribution in [2.45, 2.75) is 26.9 Å². The first-order valence-electron chi connectivity index (χ1n) is 5.37. The van der Waals surface area contributed by atoms with Crippen molar-refractivity contribution in [2.24, 2.45) is 0 Å². The first-order valence-corrected chi connectivity index (χ1v) is 5.37. The third kappa shape index (κ3) is 2.69. The number of rotatable bonds is 5. The zero-order chi connectivity index (χ0) is 11.3. The number of anilines is 1. The van der Waals surface area contributed by atoms with Crippen LogP contribution < -0.4 is 4.90 Å². The second kappa shape index (κ2) is 5.71. The van der Waals surface area contributed by atoms with Crippen LogP contribution in [-0.2, 0) is 6.61 Å².